The molecule has 17 rings (SSSR count). The largest absolute Gasteiger partial charge is 0.512 e. The van der Waals surface area contributed by atoms with Gasteiger partial charge in [0.2, 0.25) is 0 Å². The number of aromatic carboxylic acids is 1. The number of ketones is 2. The van der Waals surface area contributed by atoms with Crippen molar-refractivity contribution in [2.45, 2.75) is 146 Å². The number of aliphatic hydroxyl groups excluding tert-OH is 2. The Hall–Kier alpha value is -9.82. The van der Waals surface area contributed by atoms with Gasteiger partial charge in [0.1, 0.15) is 5.69 Å². The monoisotopic (exact) mass is 2580 g/mol. The van der Waals surface area contributed by atoms with E-state index in [1.54, 1.807) is 18.3 Å². The number of para-hydroxylation sites is 1. The van der Waals surface area contributed by atoms with Gasteiger partial charge in [-0.15, -0.1) is 251 Å². The standard InChI is InChI=1S/C17H16N.C15H10N.C14H18N.C13H16N.2C11H12N.C11H8N.C6H5NO2.2C5H8O2.5Ir/c1-17(2)12-14-10-6-7-11-15(14)18-16(17)13-8-4-3-5-9-13;1-2-7-13(8-3-1)15-14-9-5-4-6-12(14)10-11-16-15;1-14(2)10-6-7-11-15-13(14)12-8-4-3-5-9-12;1-13(2)9-6-10-14-12(13)11-7-4-3-5-8-11;3*1-2-6-10(7-3-1)11-8-4-5-9-12-11;8-6(9)5-3-1-2-4-7-5;2*1-4(6)3-5(2)7;;;;;/h3-8,10-11H,12H2,1-2H3;1-7,9-11H;3-5,8H,6-7,10-11H2,1-2H3;3-5,7H,6,9-10H2,1-2H3;2*1-3,6H,4-5,8-9H2;1-6,8-9H;1-4H,(H,8,9);2*3,6H,1-2H3;;;;;/q7*-1;;;;;;;;/p+2. The van der Waals surface area contributed by atoms with Crippen LogP contribution in [0.15, 0.2) is 328 Å². The Morgan fingerprint density at radius 2 is 0.748 bits per heavy atom. The number of rotatable bonds is 10. The van der Waals surface area contributed by atoms with Crippen molar-refractivity contribution in [1.82, 2.24) is 15.0 Å². The molecule has 673 valence electrons. The molecule has 8 heterocycles. The van der Waals surface area contributed by atoms with E-state index in [1.165, 1.54) is 166 Å². The van der Waals surface area contributed by atoms with E-state index in [4.69, 9.17) is 34.9 Å². The van der Waals surface area contributed by atoms with E-state index in [1.807, 2.05) is 176 Å². The van der Waals surface area contributed by atoms with E-state index in [9.17, 15) is 4.79 Å². The first kappa shape index (κ1) is 111. The molecule has 3 aromatic heterocycles. The van der Waals surface area contributed by atoms with Gasteiger partial charge in [-0.25, -0.2) is 9.78 Å². The molecule has 0 amide bonds. The molecule has 5 aliphatic rings. The van der Waals surface area contributed by atoms with Gasteiger partial charge < -0.3 is 50.2 Å². The number of aliphatic hydroxyl groups is 2. The minimum Gasteiger partial charge on any atom is -0.512 e. The molecule has 0 bridgehead atoms. The molecule has 12 aromatic rings. The van der Waals surface area contributed by atoms with E-state index in [0.717, 1.165) is 90.5 Å². The van der Waals surface area contributed by atoms with Gasteiger partial charge in [0.05, 0.1) is 43.2 Å². The second-order valence-corrected chi connectivity index (χ2v) is 31.4. The number of nitrogens with zero attached hydrogens (tertiary/aromatic N) is 8. The smallest absolute Gasteiger partial charge is 0.354 e. The van der Waals surface area contributed by atoms with Crippen molar-refractivity contribution in [3.05, 3.63) is 385 Å². The van der Waals surface area contributed by atoms with Crippen LogP contribution in [-0.2, 0) is 107 Å². The van der Waals surface area contributed by atoms with Gasteiger partial charge in [-0.1, -0.05) is 128 Å². The normalized spacial score (nSPS) is 14.4. The molecule has 0 atom stereocenters. The summed E-state index contributed by atoms with van der Waals surface area (Å²) in [5.41, 5.74) is 18.9. The van der Waals surface area contributed by atoms with Crippen LogP contribution in [-0.4, -0.2) is 112 Å². The second kappa shape index (κ2) is 60.8. The Bertz CT molecular complexity index is 5260. The van der Waals surface area contributed by atoms with Gasteiger partial charge >= 0.3 is 17.5 Å². The number of benzene rings is 9. The first-order chi connectivity index (χ1) is 59.0. The zero-order valence-electron chi connectivity index (χ0n) is 73.9. The molecule has 0 spiro atoms. The number of carbonyl (C=O) groups excluding carboxylic acids is 2. The first-order valence-corrected chi connectivity index (χ1v) is 41.8. The van der Waals surface area contributed by atoms with Crippen LogP contribution in [0, 0.1) is 58.7 Å². The minimum atomic E-state index is -0.990. The third-order valence-electron chi connectivity index (χ3n) is 19.7. The van der Waals surface area contributed by atoms with Crippen molar-refractivity contribution in [3.8, 4) is 22.5 Å². The molecule has 127 heavy (non-hydrogen) atoms. The van der Waals surface area contributed by atoms with Gasteiger partial charge in [0.25, 0.3) is 0 Å². The van der Waals surface area contributed by atoms with E-state index >= 15 is 0 Å². The summed E-state index contributed by atoms with van der Waals surface area (Å²) in [6, 6.07) is 108. The summed E-state index contributed by atoms with van der Waals surface area (Å²) in [6.07, 6.45) is 22.2. The summed E-state index contributed by atoms with van der Waals surface area (Å²) in [4.78, 5) is 62.4. The number of hydrogen-bond donors (Lipinski definition) is 3. The van der Waals surface area contributed by atoms with Crippen molar-refractivity contribution in [1.29, 1.82) is 0 Å². The fourth-order valence-electron chi connectivity index (χ4n) is 13.8. The molecule has 0 fully saturated rings. The number of aromatic nitrogens is 3. The number of carbonyl (C=O) groups is 1. The SMILES string of the molecule is CC(=[OH+])C=C(C)O.CC(=[OH+])C=C(C)O.CC1(C)CCCCN=C1c1[c-]cccc1.CC1(C)CCCN=C1c1[c-]cccc1.CC1(C)Cc2ccccc2N=C1c1[c-]cccc1.O=C(O)c1ccccn1.[Ir].[Ir].[Ir].[Ir].[Ir].[c-]1ccccc1-c1ccccn1.[c-]1ccccc1-c1nccc2ccccc12.[c-]1ccccc1C1=NCCCC1.[c-]1ccccc1C1=NCCCC1. The fourth-order valence-corrected chi connectivity index (χ4v) is 13.8. The number of pyridine rings is 3. The summed E-state index contributed by atoms with van der Waals surface area (Å²) >= 11 is 0. The molecule has 0 aliphatic carbocycles. The van der Waals surface area contributed by atoms with E-state index in [2.05, 4.69) is 187 Å². The van der Waals surface area contributed by atoms with E-state index in [0.29, 0.717) is 0 Å². The molecule has 0 saturated heterocycles. The predicted molar refractivity (Wildman–Crippen MR) is 504 cm³/mol. The van der Waals surface area contributed by atoms with Crippen LogP contribution < -0.4 is 0 Å². The number of fused-ring (bicyclic) bond motifs is 2. The van der Waals surface area contributed by atoms with Crippen molar-refractivity contribution >= 4 is 62.6 Å². The van der Waals surface area contributed by atoms with Gasteiger partial charge in [-0.3, -0.25) is 9.59 Å². The van der Waals surface area contributed by atoms with Gasteiger partial charge in [0.15, 0.2) is 0 Å². The van der Waals surface area contributed by atoms with Crippen LogP contribution in [0.3, 0.4) is 0 Å². The van der Waals surface area contributed by atoms with Crippen LogP contribution in [0.5, 0.6) is 0 Å². The summed E-state index contributed by atoms with van der Waals surface area (Å²) < 4.78 is 0. The van der Waals surface area contributed by atoms with Crippen LogP contribution in [0.25, 0.3) is 33.3 Å². The third kappa shape index (κ3) is 40.2. The van der Waals surface area contributed by atoms with Crippen LogP contribution in [0.1, 0.15) is 184 Å². The summed E-state index contributed by atoms with van der Waals surface area (Å²) in [5, 5.41) is 27.5. The summed E-state index contributed by atoms with van der Waals surface area (Å²) in [7, 11) is 0. The molecule has 0 saturated carbocycles. The van der Waals surface area contributed by atoms with Crippen molar-refractivity contribution < 1.29 is 130 Å². The first-order valence-electron chi connectivity index (χ1n) is 41.8. The Morgan fingerprint density at radius 1 is 0.362 bits per heavy atom. The Balaban J connectivity index is 0.000000367. The maximum atomic E-state index is 10.1. The van der Waals surface area contributed by atoms with Crippen molar-refractivity contribution in [2.24, 2.45) is 41.2 Å². The number of hydrogen-bond acceptors (Lipinski definition) is 11. The maximum absolute atomic E-state index is 10.1. The molecule has 0 unspecified atom stereocenters. The quantitative estimate of drug-likeness (QED) is 0.0520. The Kier molecular flexibility index (Phi) is 53.3. The second-order valence-electron chi connectivity index (χ2n) is 31.4. The van der Waals surface area contributed by atoms with E-state index < -0.39 is 5.97 Å². The van der Waals surface area contributed by atoms with Gasteiger partial charge in [-0.2, -0.15) is 0 Å². The van der Waals surface area contributed by atoms with Crippen molar-refractivity contribution in [3.63, 3.8) is 0 Å². The molecular formula is C108H115Ir5N8O6-5. The van der Waals surface area contributed by atoms with Gasteiger partial charge in [-0.05, 0) is 168 Å². The molecule has 14 nitrogen and oxygen atoms in total. The third-order valence-corrected chi connectivity index (χ3v) is 19.7. The maximum Gasteiger partial charge on any atom is 0.354 e. The van der Waals surface area contributed by atoms with Gasteiger partial charge in [0, 0.05) is 145 Å². The van der Waals surface area contributed by atoms with Crippen LogP contribution in [0.4, 0.5) is 5.69 Å². The van der Waals surface area contributed by atoms with E-state index in [-0.39, 0.29) is 146 Å². The number of carboxylic acid groups (broad SMARTS) is 1. The Labute approximate surface area is 821 Å². The predicted octanol–water partition coefficient (Wildman–Crippen LogP) is 24.7. The Morgan fingerprint density at radius 3 is 1.15 bits per heavy atom. The summed E-state index contributed by atoms with van der Waals surface area (Å²) in [5.74, 6) is -0.490. The molecule has 5 radical (unpaired) electrons. The molecule has 9 aromatic carbocycles. The summed E-state index contributed by atoms with van der Waals surface area (Å²) in [6.45, 7) is 23.6. The van der Waals surface area contributed by atoms with Crippen LogP contribution in [0.2, 0.25) is 0 Å². The number of allylic oxidation sites excluding steroid dienone is 4. The zero-order valence-corrected chi connectivity index (χ0v) is 85.9. The number of carboxylic acids is 1. The molecular weight excluding hydrogens is 2470 g/mol. The molecule has 5 aliphatic heterocycles. The minimum absolute atomic E-state index is 0. The molecule has 5 N–H and O–H groups in total. The zero-order chi connectivity index (χ0) is 87.2. The van der Waals surface area contributed by atoms with Crippen molar-refractivity contribution in [2.75, 3.05) is 26.2 Å². The number of aliphatic imine (C=N–C) groups is 5. The molecule has 19 heteroatoms. The fraction of sp³-hybridized carbons (Fsp3) is 0.269. The average Bonchev–Trinajstić information content (AvgIpc) is 1.02. The topological polar surface area (TPSA) is 221 Å². The average molecular weight is 2580 g/mol. The van der Waals surface area contributed by atoms with Crippen LogP contribution >= 0.6 is 0 Å².